The molecule has 1 unspecified atom stereocenters. The second-order valence-electron chi connectivity index (χ2n) is 7.43. The van der Waals surface area contributed by atoms with E-state index in [2.05, 4.69) is 26.2 Å². The van der Waals surface area contributed by atoms with Gasteiger partial charge in [0.25, 0.3) is 5.91 Å². The van der Waals surface area contributed by atoms with Crippen LogP contribution in [-0.2, 0) is 0 Å². The first-order chi connectivity index (χ1) is 15.7. The number of alkyl halides is 6. The summed E-state index contributed by atoms with van der Waals surface area (Å²) in [5, 5.41) is 2.80. The fourth-order valence-corrected chi connectivity index (χ4v) is 3.75. The first-order valence-electron chi connectivity index (χ1n) is 9.83. The molecule has 0 aliphatic carbocycles. The average Bonchev–Trinajstić information content (AvgIpc) is 2.70. The molecule has 0 aliphatic heterocycles. The SMILES string of the molecule is Cc1cc(C(/C=C\c2ccc(C(=O)NCC=NCC(F)(F)F)c(Br)c2)C(F)(F)F)cc(C)c1Cl. The fraction of sp³-hybridized carbons (Fsp3) is 0.304. The predicted molar refractivity (Wildman–Crippen MR) is 125 cm³/mol. The third-order valence-corrected chi connectivity index (χ3v) is 5.90. The molecule has 2 rings (SSSR count). The number of hydrogen-bond acceptors (Lipinski definition) is 2. The Morgan fingerprint density at radius 1 is 1.12 bits per heavy atom. The monoisotopic (exact) mass is 568 g/mol. The summed E-state index contributed by atoms with van der Waals surface area (Å²) in [6.07, 6.45) is -5.69. The van der Waals surface area contributed by atoms with Gasteiger partial charge in [-0.1, -0.05) is 42.0 Å². The van der Waals surface area contributed by atoms with Gasteiger partial charge in [0.05, 0.1) is 18.0 Å². The molecule has 34 heavy (non-hydrogen) atoms. The van der Waals surface area contributed by atoms with Crippen molar-refractivity contribution in [1.29, 1.82) is 0 Å². The Labute approximate surface area is 206 Å². The van der Waals surface area contributed by atoms with Crippen molar-refractivity contribution in [2.24, 2.45) is 4.99 Å². The van der Waals surface area contributed by atoms with Gasteiger partial charge in [-0.15, -0.1) is 0 Å². The van der Waals surface area contributed by atoms with Crippen LogP contribution < -0.4 is 5.32 Å². The Morgan fingerprint density at radius 3 is 2.26 bits per heavy atom. The second kappa shape index (κ2) is 11.4. The van der Waals surface area contributed by atoms with E-state index in [1.807, 2.05) is 0 Å². The Kier molecular flexibility index (Phi) is 9.36. The molecule has 0 aliphatic rings. The van der Waals surface area contributed by atoms with Crippen LogP contribution in [0.4, 0.5) is 26.3 Å². The zero-order chi connectivity index (χ0) is 25.7. The molecule has 0 heterocycles. The van der Waals surface area contributed by atoms with Gasteiger partial charge in [0.1, 0.15) is 6.54 Å². The number of aliphatic imine (C=N–C) groups is 1. The Balaban J connectivity index is 2.16. The summed E-state index contributed by atoms with van der Waals surface area (Å²) < 4.78 is 77.7. The smallest absolute Gasteiger partial charge is 0.347 e. The van der Waals surface area contributed by atoms with Gasteiger partial charge in [0, 0.05) is 15.7 Å². The Hall–Kier alpha value is -2.33. The van der Waals surface area contributed by atoms with E-state index < -0.39 is 30.7 Å². The largest absolute Gasteiger partial charge is 0.407 e. The minimum absolute atomic E-state index is 0.0606. The third-order valence-electron chi connectivity index (χ3n) is 4.64. The van der Waals surface area contributed by atoms with Crippen molar-refractivity contribution in [1.82, 2.24) is 5.32 Å². The van der Waals surface area contributed by atoms with E-state index in [1.54, 1.807) is 13.8 Å². The van der Waals surface area contributed by atoms with Crippen LogP contribution in [0, 0.1) is 13.8 Å². The first-order valence-corrected chi connectivity index (χ1v) is 11.0. The molecule has 184 valence electrons. The minimum Gasteiger partial charge on any atom is -0.347 e. The molecule has 2 aromatic carbocycles. The third kappa shape index (κ3) is 8.16. The van der Waals surface area contributed by atoms with E-state index in [0.717, 1.165) is 12.3 Å². The van der Waals surface area contributed by atoms with Gasteiger partial charge < -0.3 is 5.32 Å². The van der Waals surface area contributed by atoms with Crippen LogP contribution in [0.15, 0.2) is 45.9 Å². The zero-order valence-corrected chi connectivity index (χ0v) is 20.3. The topological polar surface area (TPSA) is 41.5 Å². The summed E-state index contributed by atoms with van der Waals surface area (Å²) in [5.41, 5.74) is 1.72. The maximum Gasteiger partial charge on any atom is 0.407 e. The lowest BCUT2D eigenvalue weighted by Crippen LogP contribution is -2.26. The lowest BCUT2D eigenvalue weighted by molar-refractivity contribution is -0.139. The number of carbonyl (C=O) groups is 1. The lowest BCUT2D eigenvalue weighted by atomic mass is 9.94. The van der Waals surface area contributed by atoms with E-state index in [-0.39, 0.29) is 17.7 Å². The number of benzene rings is 2. The molecular formula is C23H20BrClF6N2O. The van der Waals surface area contributed by atoms with Crippen LogP contribution in [0.25, 0.3) is 6.08 Å². The summed E-state index contributed by atoms with van der Waals surface area (Å²) in [4.78, 5) is 15.4. The quantitative estimate of drug-likeness (QED) is 0.273. The molecule has 1 N–H and O–H groups in total. The van der Waals surface area contributed by atoms with Gasteiger partial charge in [0.15, 0.2) is 0 Å². The van der Waals surface area contributed by atoms with Crippen molar-refractivity contribution in [3.05, 3.63) is 73.7 Å². The number of carbonyl (C=O) groups excluding carboxylic acids is 1. The summed E-state index contributed by atoms with van der Waals surface area (Å²) in [7, 11) is 0. The summed E-state index contributed by atoms with van der Waals surface area (Å²) in [6.45, 7) is 1.72. The van der Waals surface area contributed by atoms with Crippen LogP contribution in [-0.4, -0.2) is 37.6 Å². The molecule has 0 bridgehead atoms. The molecule has 0 radical (unpaired) electrons. The van der Waals surface area contributed by atoms with Crippen molar-refractivity contribution in [2.45, 2.75) is 32.1 Å². The number of nitrogens with zero attached hydrogens (tertiary/aromatic N) is 1. The number of amides is 1. The van der Waals surface area contributed by atoms with Crippen LogP contribution in [0.5, 0.6) is 0 Å². The normalized spacial score (nSPS) is 13.6. The number of allylic oxidation sites excluding steroid dienone is 1. The number of halogens is 8. The molecule has 0 spiro atoms. The van der Waals surface area contributed by atoms with Crippen molar-refractivity contribution in [2.75, 3.05) is 13.1 Å². The van der Waals surface area contributed by atoms with Crippen LogP contribution in [0.2, 0.25) is 5.02 Å². The summed E-state index contributed by atoms with van der Waals surface area (Å²) in [6, 6.07) is 7.12. The highest BCUT2D eigenvalue weighted by atomic mass is 79.9. The maximum absolute atomic E-state index is 13.7. The number of aryl methyl sites for hydroxylation is 2. The van der Waals surface area contributed by atoms with Gasteiger partial charge in [-0.05, 0) is 64.2 Å². The van der Waals surface area contributed by atoms with Gasteiger partial charge in [-0.2, -0.15) is 26.3 Å². The predicted octanol–water partition coefficient (Wildman–Crippen LogP) is 7.44. The van der Waals surface area contributed by atoms with E-state index in [0.29, 0.717) is 26.2 Å². The number of hydrogen-bond donors (Lipinski definition) is 1. The highest BCUT2D eigenvalue weighted by Gasteiger charge is 2.39. The summed E-state index contributed by atoms with van der Waals surface area (Å²) >= 11 is 9.28. The van der Waals surface area contributed by atoms with Crippen LogP contribution in [0.1, 0.15) is 38.5 Å². The molecule has 0 saturated carbocycles. The van der Waals surface area contributed by atoms with E-state index >= 15 is 0 Å². The van der Waals surface area contributed by atoms with Gasteiger partial charge in [-0.3, -0.25) is 9.79 Å². The second-order valence-corrected chi connectivity index (χ2v) is 8.67. The number of rotatable bonds is 7. The molecule has 1 atom stereocenters. The molecule has 0 fully saturated rings. The van der Waals surface area contributed by atoms with Crippen molar-refractivity contribution < 1.29 is 31.1 Å². The average molecular weight is 570 g/mol. The van der Waals surface area contributed by atoms with E-state index in [1.165, 1.54) is 36.4 Å². The number of nitrogens with one attached hydrogen (secondary N) is 1. The van der Waals surface area contributed by atoms with Crippen molar-refractivity contribution in [3.8, 4) is 0 Å². The Morgan fingerprint density at radius 2 is 1.74 bits per heavy atom. The molecule has 2 aromatic rings. The highest BCUT2D eigenvalue weighted by Crippen LogP contribution is 2.38. The van der Waals surface area contributed by atoms with Crippen LogP contribution >= 0.6 is 27.5 Å². The summed E-state index contributed by atoms with van der Waals surface area (Å²) in [5.74, 6) is -2.44. The van der Waals surface area contributed by atoms with Gasteiger partial charge >= 0.3 is 12.4 Å². The molecule has 11 heteroatoms. The zero-order valence-electron chi connectivity index (χ0n) is 18.0. The highest BCUT2D eigenvalue weighted by molar-refractivity contribution is 9.10. The maximum atomic E-state index is 13.7. The van der Waals surface area contributed by atoms with Crippen molar-refractivity contribution in [3.63, 3.8) is 0 Å². The lowest BCUT2D eigenvalue weighted by Gasteiger charge is -2.19. The molecule has 3 nitrogen and oxygen atoms in total. The van der Waals surface area contributed by atoms with Gasteiger partial charge in [-0.25, -0.2) is 0 Å². The minimum atomic E-state index is -4.53. The molecule has 0 saturated heterocycles. The van der Waals surface area contributed by atoms with E-state index in [9.17, 15) is 31.1 Å². The fourth-order valence-electron chi connectivity index (χ4n) is 3.06. The van der Waals surface area contributed by atoms with Crippen molar-refractivity contribution >= 4 is 45.7 Å². The van der Waals surface area contributed by atoms with Crippen LogP contribution in [0.3, 0.4) is 0 Å². The standard InChI is InChI=1S/C23H20BrClF6N2O/c1-13-9-16(10-14(2)20(13)25)18(23(29,30)31)6-4-15-3-5-17(19(24)11-15)21(34)33-8-7-32-12-22(26,27)28/h3-7,9-11,18H,8,12H2,1-2H3,(H,33,34)/b6-4-,32-7?. The molecular weight excluding hydrogens is 550 g/mol. The molecule has 1 amide bonds. The molecule has 0 aromatic heterocycles. The Bertz CT molecular complexity index is 1070. The van der Waals surface area contributed by atoms with Gasteiger partial charge in [0.2, 0.25) is 0 Å². The van der Waals surface area contributed by atoms with E-state index in [4.69, 9.17) is 11.6 Å². The first kappa shape index (κ1) is 27.9.